The molecular weight excluding hydrogens is 288 g/mol. The Morgan fingerprint density at radius 2 is 2.00 bits per heavy atom. The number of ether oxygens (including phenoxy) is 2. The molecule has 2 rings (SSSR count). The van der Waals surface area contributed by atoms with Gasteiger partial charge in [0.15, 0.2) is 5.78 Å². The number of Topliss-reactive ketones (excluding diaryl/α,β-unsaturated/α-hetero) is 1. The van der Waals surface area contributed by atoms with Gasteiger partial charge in [0.05, 0.1) is 18.2 Å². The number of carbonyl (C=O) groups is 1. The highest BCUT2D eigenvalue weighted by atomic mass is 35.5. The maximum absolute atomic E-state index is 12.1. The molecule has 0 atom stereocenters. The Morgan fingerprint density at radius 3 is 2.57 bits per heavy atom. The largest absolute Gasteiger partial charge is 0.495 e. The quantitative estimate of drug-likeness (QED) is 0.750. The van der Waals surface area contributed by atoms with Gasteiger partial charge in [-0.05, 0) is 49.3 Å². The second kappa shape index (κ2) is 6.80. The molecule has 0 N–H and O–H groups in total. The van der Waals surface area contributed by atoms with Gasteiger partial charge in [0.25, 0.3) is 0 Å². The van der Waals surface area contributed by atoms with E-state index >= 15 is 0 Å². The molecule has 0 bridgehead atoms. The zero-order chi connectivity index (χ0) is 15.5. The summed E-state index contributed by atoms with van der Waals surface area (Å²) in [5.74, 6) is 0.535. The zero-order valence-corrected chi connectivity index (χ0v) is 13.7. The molecule has 0 heterocycles. The molecule has 0 amide bonds. The van der Waals surface area contributed by atoms with E-state index in [1.165, 1.54) is 0 Å². The summed E-state index contributed by atoms with van der Waals surface area (Å²) in [6, 6.07) is 5.06. The molecule has 1 aromatic rings. The average Bonchev–Trinajstić information content (AvgIpc) is 2.45. The molecule has 0 unspecified atom stereocenters. The maximum Gasteiger partial charge on any atom is 0.188 e. The minimum absolute atomic E-state index is 0.0376. The molecule has 21 heavy (non-hydrogen) atoms. The Bertz CT molecular complexity index is 501. The maximum atomic E-state index is 12.1. The molecular formula is C17H23ClO3. The molecule has 0 spiro atoms. The van der Waals surface area contributed by atoms with Crippen LogP contribution in [0.15, 0.2) is 18.2 Å². The smallest absolute Gasteiger partial charge is 0.188 e. The van der Waals surface area contributed by atoms with Gasteiger partial charge in [-0.15, -0.1) is 0 Å². The van der Waals surface area contributed by atoms with Crippen molar-refractivity contribution >= 4 is 17.4 Å². The van der Waals surface area contributed by atoms with Crippen LogP contribution in [-0.4, -0.2) is 25.6 Å². The molecule has 0 saturated heterocycles. The summed E-state index contributed by atoms with van der Waals surface area (Å²) in [4.78, 5) is 12.1. The Labute approximate surface area is 131 Å². The van der Waals surface area contributed by atoms with E-state index in [9.17, 15) is 4.79 Å². The van der Waals surface area contributed by atoms with E-state index in [0.29, 0.717) is 21.8 Å². The standard InChI is InChI=1S/C17H23ClO3/c1-17(2)8-6-13(7-9-17)21-11-15(19)12-4-5-16(20-3)14(18)10-12/h4-5,10,13H,6-9,11H2,1-3H3. The van der Waals surface area contributed by atoms with Crippen molar-refractivity contribution in [2.24, 2.45) is 5.41 Å². The molecule has 1 saturated carbocycles. The van der Waals surface area contributed by atoms with E-state index < -0.39 is 0 Å². The Hall–Kier alpha value is -1.06. The Morgan fingerprint density at radius 1 is 1.33 bits per heavy atom. The second-order valence-corrected chi connectivity index (χ2v) is 6.85. The molecule has 1 aliphatic rings. The van der Waals surface area contributed by atoms with Crippen LogP contribution in [0.5, 0.6) is 5.75 Å². The summed E-state index contributed by atoms with van der Waals surface area (Å²) >= 11 is 6.04. The highest BCUT2D eigenvalue weighted by molar-refractivity contribution is 6.32. The minimum atomic E-state index is -0.0376. The van der Waals surface area contributed by atoms with Crippen LogP contribution in [0.1, 0.15) is 49.9 Å². The van der Waals surface area contributed by atoms with E-state index in [0.717, 1.165) is 25.7 Å². The first-order valence-electron chi connectivity index (χ1n) is 7.40. The number of benzene rings is 1. The first-order valence-corrected chi connectivity index (χ1v) is 7.77. The Balaban J connectivity index is 1.86. The van der Waals surface area contributed by atoms with Gasteiger partial charge in [0.2, 0.25) is 0 Å². The molecule has 4 heteroatoms. The minimum Gasteiger partial charge on any atom is -0.495 e. The van der Waals surface area contributed by atoms with E-state index in [1.807, 2.05) is 0 Å². The zero-order valence-electron chi connectivity index (χ0n) is 12.9. The van der Waals surface area contributed by atoms with Gasteiger partial charge in [0, 0.05) is 5.56 Å². The van der Waals surface area contributed by atoms with Crippen molar-refractivity contribution < 1.29 is 14.3 Å². The molecule has 116 valence electrons. The second-order valence-electron chi connectivity index (χ2n) is 6.45. The summed E-state index contributed by atoms with van der Waals surface area (Å²) in [5, 5.41) is 0.447. The summed E-state index contributed by atoms with van der Waals surface area (Å²) in [6.45, 7) is 4.69. The summed E-state index contributed by atoms with van der Waals surface area (Å²) < 4.78 is 10.8. The molecule has 3 nitrogen and oxygen atoms in total. The van der Waals surface area contributed by atoms with Crippen molar-refractivity contribution in [2.45, 2.75) is 45.6 Å². The van der Waals surface area contributed by atoms with Crippen LogP contribution in [0.4, 0.5) is 0 Å². The third-order valence-corrected chi connectivity index (χ3v) is 4.51. The first-order chi connectivity index (χ1) is 9.91. The fourth-order valence-corrected chi connectivity index (χ4v) is 2.91. The van der Waals surface area contributed by atoms with Crippen molar-refractivity contribution in [1.82, 2.24) is 0 Å². The van der Waals surface area contributed by atoms with Crippen LogP contribution >= 0.6 is 11.6 Å². The third-order valence-electron chi connectivity index (χ3n) is 4.21. The highest BCUT2D eigenvalue weighted by Crippen LogP contribution is 2.36. The van der Waals surface area contributed by atoms with Crippen LogP contribution in [0.3, 0.4) is 0 Å². The predicted octanol–water partition coefficient (Wildman–Crippen LogP) is 4.52. The number of hydrogen-bond donors (Lipinski definition) is 0. The van der Waals surface area contributed by atoms with E-state index in [1.54, 1.807) is 25.3 Å². The van der Waals surface area contributed by atoms with Gasteiger partial charge in [-0.3, -0.25) is 4.79 Å². The van der Waals surface area contributed by atoms with Crippen molar-refractivity contribution in [1.29, 1.82) is 0 Å². The van der Waals surface area contributed by atoms with E-state index in [-0.39, 0.29) is 18.5 Å². The lowest BCUT2D eigenvalue weighted by Gasteiger charge is -2.34. The molecule has 1 fully saturated rings. The normalized spacial score (nSPS) is 18.5. The van der Waals surface area contributed by atoms with Crippen LogP contribution in [0, 0.1) is 5.41 Å². The molecule has 0 radical (unpaired) electrons. The number of halogens is 1. The number of methoxy groups -OCH3 is 1. The summed E-state index contributed by atoms with van der Waals surface area (Å²) in [6.07, 6.45) is 4.57. The van der Waals surface area contributed by atoms with Crippen molar-refractivity contribution in [3.63, 3.8) is 0 Å². The van der Waals surface area contributed by atoms with E-state index in [4.69, 9.17) is 21.1 Å². The fraction of sp³-hybridized carbons (Fsp3) is 0.588. The van der Waals surface area contributed by atoms with Gasteiger partial charge in [-0.2, -0.15) is 0 Å². The molecule has 1 aliphatic carbocycles. The monoisotopic (exact) mass is 310 g/mol. The van der Waals surface area contributed by atoms with Crippen LogP contribution in [-0.2, 0) is 4.74 Å². The topological polar surface area (TPSA) is 35.5 Å². The fourth-order valence-electron chi connectivity index (χ4n) is 2.66. The third kappa shape index (κ3) is 4.45. The number of rotatable bonds is 5. The molecule has 0 aromatic heterocycles. The SMILES string of the molecule is COc1ccc(C(=O)COC2CCC(C)(C)CC2)cc1Cl. The lowest BCUT2D eigenvalue weighted by Crippen LogP contribution is -2.28. The summed E-state index contributed by atoms with van der Waals surface area (Å²) in [7, 11) is 1.55. The lowest BCUT2D eigenvalue weighted by molar-refractivity contribution is 0.00862. The van der Waals surface area contributed by atoms with Crippen molar-refractivity contribution in [3.8, 4) is 5.75 Å². The number of carbonyl (C=O) groups excluding carboxylic acids is 1. The lowest BCUT2D eigenvalue weighted by atomic mass is 9.76. The van der Waals surface area contributed by atoms with Crippen molar-refractivity contribution in [3.05, 3.63) is 28.8 Å². The van der Waals surface area contributed by atoms with Gasteiger partial charge in [-0.1, -0.05) is 25.4 Å². The van der Waals surface area contributed by atoms with Crippen LogP contribution < -0.4 is 4.74 Å². The average molecular weight is 311 g/mol. The Kier molecular flexibility index (Phi) is 5.28. The van der Waals surface area contributed by atoms with E-state index in [2.05, 4.69) is 13.8 Å². The summed E-state index contributed by atoms with van der Waals surface area (Å²) in [5.41, 5.74) is 0.977. The van der Waals surface area contributed by atoms with Crippen LogP contribution in [0.2, 0.25) is 5.02 Å². The van der Waals surface area contributed by atoms with Gasteiger partial charge in [-0.25, -0.2) is 0 Å². The number of ketones is 1. The van der Waals surface area contributed by atoms with Gasteiger partial charge >= 0.3 is 0 Å². The van der Waals surface area contributed by atoms with Gasteiger partial charge in [0.1, 0.15) is 12.4 Å². The molecule has 1 aromatic carbocycles. The number of hydrogen-bond acceptors (Lipinski definition) is 3. The first kappa shape index (κ1) is 16.3. The van der Waals surface area contributed by atoms with Crippen molar-refractivity contribution in [2.75, 3.05) is 13.7 Å². The highest BCUT2D eigenvalue weighted by Gasteiger charge is 2.27. The molecule has 0 aliphatic heterocycles. The predicted molar refractivity (Wildman–Crippen MR) is 84.3 cm³/mol. The van der Waals surface area contributed by atoms with Crippen LogP contribution in [0.25, 0.3) is 0 Å². The van der Waals surface area contributed by atoms with Gasteiger partial charge < -0.3 is 9.47 Å².